The van der Waals surface area contributed by atoms with Crippen molar-refractivity contribution in [3.63, 3.8) is 0 Å². The molecule has 210 valence electrons. The number of pyridine rings is 1. The minimum Gasteiger partial charge on any atom is -0.396 e. The van der Waals surface area contributed by atoms with E-state index in [4.69, 9.17) is 0 Å². The third-order valence-electron chi connectivity index (χ3n) is 7.69. The summed E-state index contributed by atoms with van der Waals surface area (Å²) >= 11 is 0. The van der Waals surface area contributed by atoms with Gasteiger partial charge in [-0.2, -0.15) is 14.3 Å². The molecule has 0 unspecified atom stereocenters. The van der Waals surface area contributed by atoms with Crippen LogP contribution in [0.1, 0.15) is 44.2 Å². The Bertz CT molecular complexity index is 1600. The molecule has 4 heterocycles. The Morgan fingerprint density at radius 3 is 2.55 bits per heavy atom. The first kappa shape index (κ1) is 26.4. The van der Waals surface area contributed by atoms with E-state index in [0.717, 1.165) is 52.4 Å². The topological polar surface area (TPSA) is 153 Å². The highest BCUT2D eigenvalue weighted by Gasteiger charge is 2.37. The molecule has 2 aliphatic carbocycles. The van der Waals surface area contributed by atoms with Crippen molar-refractivity contribution >= 4 is 27.3 Å². The Balaban J connectivity index is 1.25. The van der Waals surface area contributed by atoms with Gasteiger partial charge in [-0.1, -0.05) is 0 Å². The van der Waals surface area contributed by atoms with Gasteiger partial charge in [0.15, 0.2) is 5.82 Å². The van der Waals surface area contributed by atoms with Gasteiger partial charge in [-0.3, -0.25) is 4.68 Å². The number of anilines is 3. The van der Waals surface area contributed by atoms with E-state index >= 15 is 0 Å². The maximum atomic E-state index is 12.5. The summed E-state index contributed by atoms with van der Waals surface area (Å²) in [6.07, 6.45) is 11.6. The number of aliphatic hydroxyl groups excluding tert-OH is 1. The molecule has 4 aromatic heterocycles. The summed E-state index contributed by atoms with van der Waals surface area (Å²) in [5.41, 5.74) is 4.24. The fourth-order valence-electron chi connectivity index (χ4n) is 5.03. The number of hydrogen-bond acceptors (Lipinski definition) is 10. The van der Waals surface area contributed by atoms with Crippen LogP contribution < -0.4 is 10.6 Å². The number of nitrogens with one attached hydrogen (secondary N) is 2. The molecule has 0 bridgehead atoms. The van der Waals surface area contributed by atoms with Gasteiger partial charge in [0.05, 0.1) is 28.9 Å². The first-order valence-electron chi connectivity index (χ1n) is 13.6. The molecule has 4 aromatic rings. The second kappa shape index (κ2) is 10.6. The zero-order chi connectivity index (χ0) is 27.9. The van der Waals surface area contributed by atoms with Gasteiger partial charge in [-0.05, 0) is 63.5 Å². The lowest BCUT2D eigenvalue weighted by atomic mass is 9.86. The Morgan fingerprint density at radius 1 is 1.05 bits per heavy atom. The molecule has 3 N–H and O–H groups in total. The molecule has 0 aliphatic heterocycles. The monoisotopic (exact) mass is 563 g/mol. The van der Waals surface area contributed by atoms with Crippen molar-refractivity contribution in [2.75, 3.05) is 17.2 Å². The summed E-state index contributed by atoms with van der Waals surface area (Å²) in [6, 6.07) is 6.02. The molecule has 13 heteroatoms. The number of aryl methyl sites for hydroxylation is 2. The SMILES string of the molecule is Cc1cc(-c2cnc(Nc3ccnc(-c4cnn(S(=O)(=O)C5CC5)c4)n3)cc2NC2CCC(CO)CC2)nn1C. The summed E-state index contributed by atoms with van der Waals surface area (Å²) in [7, 11) is -1.54. The van der Waals surface area contributed by atoms with Crippen molar-refractivity contribution in [3.8, 4) is 22.6 Å². The van der Waals surface area contributed by atoms with E-state index in [2.05, 4.69) is 35.8 Å². The molecule has 0 saturated heterocycles. The molecule has 2 fully saturated rings. The average Bonchev–Trinajstić information content (AvgIpc) is 3.61. The summed E-state index contributed by atoms with van der Waals surface area (Å²) in [5, 5.41) is 24.9. The average molecular weight is 564 g/mol. The number of aliphatic hydroxyl groups is 1. The van der Waals surface area contributed by atoms with E-state index in [-0.39, 0.29) is 17.9 Å². The van der Waals surface area contributed by atoms with E-state index in [1.165, 1.54) is 12.4 Å². The third kappa shape index (κ3) is 5.43. The Morgan fingerprint density at radius 2 is 1.85 bits per heavy atom. The normalized spacial score (nSPS) is 19.5. The predicted molar refractivity (Wildman–Crippen MR) is 152 cm³/mol. The van der Waals surface area contributed by atoms with Gasteiger partial charge in [-0.25, -0.2) is 23.4 Å². The zero-order valence-electron chi connectivity index (χ0n) is 22.5. The minimum atomic E-state index is -3.46. The van der Waals surface area contributed by atoms with E-state index in [0.29, 0.717) is 41.8 Å². The van der Waals surface area contributed by atoms with Crippen molar-refractivity contribution in [1.82, 2.24) is 33.9 Å². The maximum Gasteiger partial charge on any atom is 0.256 e. The second-order valence-corrected chi connectivity index (χ2v) is 12.8. The van der Waals surface area contributed by atoms with Gasteiger partial charge in [0.2, 0.25) is 0 Å². The zero-order valence-corrected chi connectivity index (χ0v) is 23.3. The van der Waals surface area contributed by atoms with Gasteiger partial charge in [0.25, 0.3) is 10.0 Å². The molecule has 0 amide bonds. The molecular weight excluding hydrogens is 530 g/mol. The summed E-state index contributed by atoms with van der Waals surface area (Å²) in [5.74, 6) is 1.85. The highest BCUT2D eigenvalue weighted by molar-refractivity contribution is 7.90. The van der Waals surface area contributed by atoms with Gasteiger partial charge in [0, 0.05) is 55.1 Å². The van der Waals surface area contributed by atoms with Crippen molar-refractivity contribution in [1.29, 1.82) is 0 Å². The molecule has 0 aromatic carbocycles. The lowest BCUT2D eigenvalue weighted by molar-refractivity contribution is 0.186. The van der Waals surface area contributed by atoms with E-state index in [9.17, 15) is 13.5 Å². The van der Waals surface area contributed by atoms with Crippen molar-refractivity contribution in [3.05, 3.63) is 48.7 Å². The first-order valence-corrected chi connectivity index (χ1v) is 15.1. The smallest absolute Gasteiger partial charge is 0.256 e. The van der Waals surface area contributed by atoms with Crippen LogP contribution in [0, 0.1) is 12.8 Å². The highest BCUT2D eigenvalue weighted by Crippen LogP contribution is 2.34. The third-order valence-corrected chi connectivity index (χ3v) is 9.73. The fraction of sp³-hybridized carbons (Fsp3) is 0.444. The molecular formula is C27H33N9O3S. The maximum absolute atomic E-state index is 12.5. The van der Waals surface area contributed by atoms with Crippen LogP contribution in [0.2, 0.25) is 0 Å². The lowest BCUT2D eigenvalue weighted by Gasteiger charge is -2.29. The molecule has 6 rings (SSSR count). The fourth-order valence-corrected chi connectivity index (χ4v) is 6.50. The Kier molecular flexibility index (Phi) is 7.00. The number of nitrogens with zero attached hydrogens (tertiary/aromatic N) is 7. The Labute approximate surface area is 232 Å². The molecule has 0 radical (unpaired) electrons. The molecule has 2 saturated carbocycles. The van der Waals surface area contributed by atoms with Crippen molar-refractivity contribution in [2.24, 2.45) is 13.0 Å². The van der Waals surface area contributed by atoms with Crippen molar-refractivity contribution < 1.29 is 13.5 Å². The summed E-state index contributed by atoms with van der Waals surface area (Å²) in [6.45, 7) is 2.26. The van der Waals surface area contributed by atoms with Gasteiger partial charge in [-0.15, -0.1) is 0 Å². The van der Waals surface area contributed by atoms with Gasteiger partial charge in [0.1, 0.15) is 11.6 Å². The van der Waals surface area contributed by atoms with Crippen LogP contribution >= 0.6 is 0 Å². The number of rotatable bonds is 9. The quantitative estimate of drug-likeness (QED) is 0.276. The number of aromatic nitrogens is 7. The van der Waals surface area contributed by atoms with Crippen LogP contribution in [0.5, 0.6) is 0 Å². The molecule has 2 aliphatic rings. The molecule has 0 spiro atoms. The lowest BCUT2D eigenvalue weighted by Crippen LogP contribution is -2.27. The molecule has 12 nitrogen and oxygen atoms in total. The van der Waals surface area contributed by atoms with Crippen LogP contribution in [-0.4, -0.2) is 65.3 Å². The predicted octanol–water partition coefficient (Wildman–Crippen LogP) is 3.49. The van der Waals surface area contributed by atoms with Crippen LogP contribution in [0.3, 0.4) is 0 Å². The van der Waals surface area contributed by atoms with Crippen molar-refractivity contribution in [2.45, 2.75) is 56.7 Å². The second-order valence-electron chi connectivity index (χ2n) is 10.7. The van der Waals surface area contributed by atoms with E-state index in [1.54, 1.807) is 18.5 Å². The van der Waals surface area contributed by atoms with Gasteiger partial charge < -0.3 is 15.7 Å². The number of hydrogen-bond donors (Lipinski definition) is 3. The van der Waals surface area contributed by atoms with Crippen LogP contribution in [0.4, 0.5) is 17.3 Å². The van der Waals surface area contributed by atoms with E-state index in [1.807, 2.05) is 30.8 Å². The highest BCUT2D eigenvalue weighted by atomic mass is 32.2. The Hall–Kier alpha value is -3.84. The largest absolute Gasteiger partial charge is 0.396 e. The summed E-state index contributed by atoms with van der Waals surface area (Å²) < 4.78 is 27.9. The van der Waals surface area contributed by atoms with Gasteiger partial charge >= 0.3 is 0 Å². The van der Waals surface area contributed by atoms with Crippen LogP contribution in [-0.2, 0) is 17.1 Å². The standard InChI is InChI=1S/C27H33N9O3S/c1-17-11-24(34-35(17)2)22-14-29-26(12-23(22)31-20-5-3-18(16-37)4-6-20)32-25-9-10-28-27(33-25)19-13-30-36(15-19)40(38,39)21-7-8-21/h9-15,18,20-21,37H,3-8,16H2,1-2H3,(H2,28,29,31,32,33). The van der Waals surface area contributed by atoms with E-state index < -0.39 is 10.0 Å². The first-order chi connectivity index (χ1) is 19.3. The van der Waals surface area contributed by atoms with Crippen LogP contribution in [0.25, 0.3) is 22.6 Å². The molecule has 40 heavy (non-hydrogen) atoms. The summed E-state index contributed by atoms with van der Waals surface area (Å²) in [4.78, 5) is 13.5. The minimum absolute atomic E-state index is 0.243. The van der Waals surface area contributed by atoms with Crippen LogP contribution in [0.15, 0.2) is 43.0 Å². The molecule has 0 atom stereocenters.